The highest BCUT2D eigenvalue weighted by Gasteiger charge is 2.17. The van der Waals surface area contributed by atoms with Crippen LogP contribution < -0.4 is 10.7 Å². The predicted molar refractivity (Wildman–Crippen MR) is 145 cm³/mol. The highest BCUT2D eigenvalue weighted by Crippen LogP contribution is 2.30. The zero-order chi connectivity index (χ0) is 25.5. The molecule has 0 aromatic heterocycles. The molecule has 34 heavy (non-hydrogen) atoms. The zero-order valence-electron chi connectivity index (χ0n) is 22.3. The number of hydrazine groups is 1. The summed E-state index contributed by atoms with van der Waals surface area (Å²) in [6.45, 7) is 9.70. The van der Waals surface area contributed by atoms with E-state index in [0.29, 0.717) is 11.3 Å². The number of aryl methyl sites for hydroxylation is 1. The molecule has 1 atom stereocenters. The van der Waals surface area contributed by atoms with Gasteiger partial charge >= 0.3 is 0 Å². The average molecular weight is 494 g/mol. The summed E-state index contributed by atoms with van der Waals surface area (Å²) in [5, 5.41) is 14.3. The Hall–Kier alpha value is -1.73. The van der Waals surface area contributed by atoms with Crippen LogP contribution in [-0.2, 0) is 9.59 Å². The Bertz CT molecular complexity index is 770. The molecule has 0 radical (unpaired) electrons. The molecule has 0 fully saturated rings. The lowest BCUT2D eigenvalue weighted by Crippen LogP contribution is -2.46. The van der Waals surface area contributed by atoms with Gasteiger partial charge in [-0.15, -0.1) is 11.8 Å². The van der Waals surface area contributed by atoms with E-state index in [0.717, 1.165) is 23.3 Å². The van der Waals surface area contributed by atoms with Crippen LogP contribution in [-0.4, -0.2) is 46.5 Å². The summed E-state index contributed by atoms with van der Waals surface area (Å²) >= 11 is 1.67. The summed E-state index contributed by atoms with van der Waals surface area (Å²) in [4.78, 5) is 24.9. The van der Waals surface area contributed by atoms with Crippen LogP contribution >= 0.6 is 11.8 Å². The highest BCUT2D eigenvalue weighted by atomic mass is 32.2. The second-order valence-corrected chi connectivity index (χ2v) is 10.9. The van der Waals surface area contributed by atoms with Crippen LogP contribution in [0.25, 0.3) is 0 Å². The first-order valence-electron chi connectivity index (χ1n) is 12.9. The molecule has 0 heterocycles. The molecule has 6 nitrogen and oxygen atoms in total. The number of anilines is 1. The topological polar surface area (TPSA) is 81.7 Å². The van der Waals surface area contributed by atoms with E-state index in [2.05, 4.69) is 17.7 Å². The number of unbranched alkanes of at least 4 members (excludes halogenated alkanes) is 9. The van der Waals surface area contributed by atoms with Crippen molar-refractivity contribution in [3.63, 3.8) is 0 Å². The van der Waals surface area contributed by atoms with Gasteiger partial charge in [0, 0.05) is 12.7 Å². The van der Waals surface area contributed by atoms with Crippen molar-refractivity contribution in [1.82, 2.24) is 10.4 Å². The normalized spacial score (nSPS) is 12.1. The fourth-order valence-corrected chi connectivity index (χ4v) is 4.78. The standard InChI is InChI=1S/C27H47N3O3S/c1-7-8-9-10-11-12-13-14-15-16-17-34-23(5)27(33)29-30(6)19-25(31)28-24-18-20(2)26(32)22(4)21(24)3/h18,23,32H,7-17,19H2,1-6H3,(H,28,31)(H,29,33). The van der Waals surface area contributed by atoms with Gasteiger partial charge in [-0.3, -0.25) is 15.0 Å². The lowest BCUT2D eigenvalue weighted by atomic mass is 10.0. The van der Waals surface area contributed by atoms with Crippen molar-refractivity contribution < 1.29 is 14.7 Å². The third-order valence-corrected chi connectivity index (χ3v) is 7.49. The smallest absolute Gasteiger partial charge is 0.247 e. The number of hydrogen-bond acceptors (Lipinski definition) is 5. The van der Waals surface area contributed by atoms with E-state index in [4.69, 9.17) is 0 Å². The minimum atomic E-state index is -0.221. The number of likely N-dealkylation sites (N-methyl/N-ethyl adjacent to an activating group) is 1. The Balaban J connectivity index is 2.22. The first-order valence-corrected chi connectivity index (χ1v) is 13.9. The number of phenols is 1. The van der Waals surface area contributed by atoms with Gasteiger partial charge in [-0.1, -0.05) is 64.7 Å². The van der Waals surface area contributed by atoms with Crippen LogP contribution in [0.2, 0.25) is 0 Å². The van der Waals surface area contributed by atoms with Gasteiger partial charge < -0.3 is 10.4 Å². The number of benzene rings is 1. The SMILES string of the molecule is CCCCCCCCCCCCSC(C)C(=O)NN(C)CC(=O)Nc1cc(C)c(O)c(C)c1C. The number of rotatable bonds is 17. The summed E-state index contributed by atoms with van der Waals surface area (Å²) < 4.78 is 0. The van der Waals surface area contributed by atoms with Gasteiger partial charge in [0.25, 0.3) is 0 Å². The second kappa shape index (κ2) is 16.8. The lowest BCUT2D eigenvalue weighted by Gasteiger charge is -2.21. The Kier molecular flexibility index (Phi) is 15.0. The maximum atomic E-state index is 12.5. The fourth-order valence-electron chi connectivity index (χ4n) is 3.85. The Morgan fingerprint density at radius 2 is 1.53 bits per heavy atom. The molecule has 1 aromatic rings. The first kappa shape index (κ1) is 30.3. The van der Waals surface area contributed by atoms with Gasteiger partial charge in [0.1, 0.15) is 5.75 Å². The molecule has 0 saturated heterocycles. The van der Waals surface area contributed by atoms with Crippen LogP contribution in [0, 0.1) is 20.8 Å². The fraction of sp³-hybridized carbons (Fsp3) is 0.704. The number of carbonyl (C=O) groups excluding carboxylic acids is 2. The number of nitrogens with one attached hydrogen (secondary N) is 2. The minimum absolute atomic E-state index is 0.0416. The van der Waals surface area contributed by atoms with Crippen LogP contribution in [0.5, 0.6) is 5.75 Å². The lowest BCUT2D eigenvalue weighted by molar-refractivity contribution is -0.126. The molecule has 7 heteroatoms. The summed E-state index contributed by atoms with van der Waals surface area (Å²) in [5.41, 5.74) is 5.79. The molecule has 194 valence electrons. The summed E-state index contributed by atoms with van der Waals surface area (Å²) in [6, 6.07) is 1.76. The molecule has 0 aliphatic carbocycles. The van der Waals surface area contributed by atoms with Crippen molar-refractivity contribution in [2.45, 2.75) is 104 Å². The van der Waals surface area contributed by atoms with Gasteiger partial charge in [-0.2, -0.15) is 0 Å². The van der Waals surface area contributed by atoms with E-state index in [1.165, 1.54) is 62.8 Å². The van der Waals surface area contributed by atoms with Crippen LogP contribution in [0.15, 0.2) is 6.07 Å². The Morgan fingerprint density at radius 1 is 0.971 bits per heavy atom. The predicted octanol–water partition coefficient (Wildman–Crippen LogP) is 6.26. The largest absolute Gasteiger partial charge is 0.507 e. The highest BCUT2D eigenvalue weighted by molar-refractivity contribution is 8.00. The number of thioether (sulfide) groups is 1. The van der Waals surface area contributed by atoms with Crippen molar-refractivity contribution in [3.05, 3.63) is 22.8 Å². The summed E-state index contributed by atoms with van der Waals surface area (Å²) in [5.74, 6) is 0.929. The van der Waals surface area contributed by atoms with Crippen molar-refractivity contribution >= 4 is 29.3 Å². The summed E-state index contributed by atoms with van der Waals surface area (Å²) in [7, 11) is 1.69. The third-order valence-electron chi connectivity index (χ3n) is 6.25. The molecular formula is C27H47N3O3S. The summed E-state index contributed by atoms with van der Waals surface area (Å²) in [6.07, 6.45) is 13.1. The number of carbonyl (C=O) groups is 2. The van der Waals surface area contributed by atoms with Gasteiger partial charge in [0.05, 0.1) is 11.8 Å². The Morgan fingerprint density at radius 3 is 2.12 bits per heavy atom. The molecule has 0 spiro atoms. The van der Waals surface area contributed by atoms with Gasteiger partial charge in [-0.25, -0.2) is 5.01 Å². The third kappa shape index (κ3) is 11.6. The van der Waals surface area contributed by atoms with E-state index in [-0.39, 0.29) is 29.4 Å². The molecular weight excluding hydrogens is 446 g/mol. The van der Waals surface area contributed by atoms with Crippen LogP contribution in [0.3, 0.4) is 0 Å². The van der Waals surface area contributed by atoms with E-state index < -0.39 is 0 Å². The van der Waals surface area contributed by atoms with Crippen molar-refractivity contribution in [3.8, 4) is 5.75 Å². The minimum Gasteiger partial charge on any atom is -0.507 e. The monoisotopic (exact) mass is 493 g/mol. The number of nitrogens with zero attached hydrogens (tertiary/aromatic N) is 1. The molecule has 1 aromatic carbocycles. The molecule has 1 rings (SSSR count). The maximum Gasteiger partial charge on any atom is 0.247 e. The van der Waals surface area contributed by atoms with E-state index in [9.17, 15) is 14.7 Å². The van der Waals surface area contributed by atoms with Gasteiger partial charge in [-0.05, 0) is 62.6 Å². The van der Waals surface area contributed by atoms with Crippen molar-refractivity contribution in [1.29, 1.82) is 0 Å². The second-order valence-electron chi connectivity index (χ2n) is 9.41. The number of aromatic hydroxyl groups is 1. The number of phenolic OH excluding ortho intramolecular Hbond substituents is 1. The molecule has 0 saturated carbocycles. The van der Waals surface area contributed by atoms with E-state index in [1.807, 2.05) is 20.8 Å². The van der Waals surface area contributed by atoms with Crippen LogP contribution in [0.4, 0.5) is 5.69 Å². The van der Waals surface area contributed by atoms with Crippen LogP contribution in [0.1, 0.15) is 94.7 Å². The van der Waals surface area contributed by atoms with Gasteiger partial charge in [0.15, 0.2) is 0 Å². The molecule has 0 aliphatic rings. The molecule has 2 amide bonds. The molecule has 0 bridgehead atoms. The number of hydrogen-bond donors (Lipinski definition) is 3. The molecule has 0 aliphatic heterocycles. The maximum absolute atomic E-state index is 12.5. The van der Waals surface area contributed by atoms with E-state index in [1.54, 1.807) is 31.8 Å². The molecule has 1 unspecified atom stereocenters. The first-order chi connectivity index (χ1) is 16.2. The van der Waals surface area contributed by atoms with Gasteiger partial charge in [0.2, 0.25) is 11.8 Å². The zero-order valence-corrected chi connectivity index (χ0v) is 23.1. The van der Waals surface area contributed by atoms with Crippen molar-refractivity contribution in [2.24, 2.45) is 0 Å². The Labute approximate surface area is 211 Å². The van der Waals surface area contributed by atoms with E-state index >= 15 is 0 Å². The van der Waals surface area contributed by atoms with Crippen molar-refractivity contribution in [2.75, 3.05) is 24.7 Å². The molecule has 3 N–H and O–H groups in total. The average Bonchev–Trinajstić information content (AvgIpc) is 2.79. The number of amides is 2. The quantitative estimate of drug-likeness (QED) is 0.135.